The number of hydrogen-bond acceptors (Lipinski definition) is 4. The molecule has 1 aliphatic rings. The summed E-state index contributed by atoms with van der Waals surface area (Å²) in [6.45, 7) is 1.87. The van der Waals surface area contributed by atoms with Crippen LogP contribution in [0, 0.1) is 0 Å². The van der Waals surface area contributed by atoms with Crippen LogP contribution in [0.2, 0.25) is 0 Å². The molecule has 0 aliphatic carbocycles. The standard InChI is InChI=1S/C27H27N3O4/c1-18-23(19-12-6-3-7-13-19)30(27(34)29(18)2)26(33)22(24(31)20-14-8-4-9-15-20)28-25(32)21-16-10-5-11-17-21/h3-18,22-24,31H,1-2H3,(H,28,32)/t18-,22+,23-,24-/m0/s1. The van der Waals surface area contributed by atoms with Gasteiger partial charge in [0.1, 0.15) is 12.1 Å². The number of benzene rings is 3. The summed E-state index contributed by atoms with van der Waals surface area (Å²) in [5.41, 5.74) is 1.60. The first-order chi connectivity index (χ1) is 16.4. The Morgan fingerprint density at radius 1 is 0.882 bits per heavy atom. The molecule has 0 bridgehead atoms. The zero-order valence-electron chi connectivity index (χ0n) is 19.0. The van der Waals surface area contributed by atoms with E-state index < -0.39 is 36.0 Å². The van der Waals surface area contributed by atoms with Gasteiger partial charge in [-0.15, -0.1) is 0 Å². The fourth-order valence-corrected chi connectivity index (χ4v) is 4.28. The lowest BCUT2D eigenvalue weighted by molar-refractivity contribution is -0.134. The molecule has 3 aromatic carbocycles. The summed E-state index contributed by atoms with van der Waals surface area (Å²) in [6, 6.07) is 23.6. The van der Waals surface area contributed by atoms with Crippen molar-refractivity contribution >= 4 is 17.8 Å². The molecular weight excluding hydrogens is 430 g/mol. The molecule has 1 saturated heterocycles. The van der Waals surface area contributed by atoms with Crippen LogP contribution in [0.3, 0.4) is 0 Å². The van der Waals surface area contributed by atoms with Crippen LogP contribution in [0.25, 0.3) is 0 Å². The molecule has 1 heterocycles. The van der Waals surface area contributed by atoms with Crippen molar-refractivity contribution in [1.29, 1.82) is 0 Å². The molecule has 0 unspecified atom stereocenters. The fraction of sp³-hybridized carbons (Fsp3) is 0.222. The molecule has 4 amide bonds. The Labute approximate surface area is 198 Å². The molecular formula is C27H27N3O4. The third-order valence-corrected chi connectivity index (χ3v) is 6.28. The van der Waals surface area contributed by atoms with Gasteiger partial charge in [-0.25, -0.2) is 4.79 Å². The highest BCUT2D eigenvalue weighted by Crippen LogP contribution is 2.36. The Kier molecular flexibility index (Phi) is 6.75. The minimum atomic E-state index is -1.37. The van der Waals surface area contributed by atoms with Crippen molar-refractivity contribution < 1.29 is 19.5 Å². The number of imide groups is 1. The summed E-state index contributed by atoms with van der Waals surface area (Å²) in [7, 11) is 1.64. The maximum Gasteiger partial charge on any atom is 0.327 e. The SMILES string of the molecule is C[C@H]1[C@@H](c2ccccc2)N(C(=O)[C@H](NC(=O)c2ccccc2)[C@@H](O)c2ccccc2)C(=O)N1C. The first-order valence-corrected chi connectivity index (χ1v) is 11.1. The number of hydrogen-bond donors (Lipinski definition) is 2. The summed E-state index contributed by atoms with van der Waals surface area (Å²) < 4.78 is 0. The first kappa shape index (κ1) is 23.2. The van der Waals surface area contributed by atoms with Crippen molar-refractivity contribution in [2.45, 2.75) is 31.2 Å². The van der Waals surface area contributed by atoms with E-state index in [1.165, 1.54) is 4.90 Å². The van der Waals surface area contributed by atoms with Gasteiger partial charge in [-0.2, -0.15) is 0 Å². The second-order valence-electron chi connectivity index (χ2n) is 8.37. The van der Waals surface area contributed by atoms with Gasteiger partial charge in [0.2, 0.25) is 0 Å². The highest BCUT2D eigenvalue weighted by molar-refractivity contribution is 6.03. The Balaban J connectivity index is 1.72. The number of carbonyl (C=O) groups excluding carboxylic acids is 3. The average molecular weight is 458 g/mol. The van der Waals surface area contributed by atoms with Gasteiger partial charge in [0, 0.05) is 12.6 Å². The van der Waals surface area contributed by atoms with E-state index >= 15 is 0 Å². The monoisotopic (exact) mass is 457 g/mol. The van der Waals surface area contributed by atoms with E-state index in [1.54, 1.807) is 67.7 Å². The predicted octanol–water partition coefficient (Wildman–Crippen LogP) is 3.54. The molecule has 0 spiro atoms. The van der Waals surface area contributed by atoms with E-state index in [0.717, 1.165) is 10.5 Å². The average Bonchev–Trinajstić information content (AvgIpc) is 3.11. The zero-order chi connectivity index (χ0) is 24.2. The van der Waals surface area contributed by atoms with Gasteiger partial charge in [-0.1, -0.05) is 78.9 Å². The van der Waals surface area contributed by atoms with E-state index in [1.807, 2.05) is 37.3 Å². The third-order valence-electron chi connectivity index (χ3n) is 6.28. The minimum Gasteiger partial charge on any atom is -0.386 e. The van der Waals surface area contributed by atoms with Crippen LogP contribution in [0.1, 0.15) is 40.6 Å². The summed E-state index contributed by atoms with van der Waals surface area (Å²) in [6.07, 6.45) is -1.35. The first-order valence-electron chi connectivity index (χ1n) is 11.1. The number of likely N-dealkylation sites (N-methyl/N-ethyl adjacent to an activating group) is 1. The van der Waals surface area contributed by atoms with Crippen LogP contribution in [-0.2, 0) is 4.79 Å². The Bertz CT molecular complexity index is 1150. The summed E-state index contributed by atoms with van der Waals surface area (Å²) in [4.78, 5) is 42.8. The minimum absolute atomic E-state index is 0.293. The molecule has 7 heteroatoms. The molecule has 7 nitrogen and oxygen atoms in total. The number of aliphatic hydroxyl groups excluding tert-OH is 1. The number of rotatable bonds is 6. The number of aliphatic hydroxyl groups is 1. The van der Waals surface area contributed by atoms with Gasteiger partial charge in [-0.05, 0) is 30.2 Å². The molecule has 0 radical (unpaired) electrons. The van der Waals surface area contributed by atoms with E-state index in [0.29, 0.717) is 11.1 Å². The molecule has 3 aromatic rings. The third kappa shape index (κ3) is 4.43. The summed E-state index contributed by atoms with van der Waals surface area (Å²) in [5, 5.41) is 13.9. The summed E-state index contributed by atoms with van der Waals surface area (Å²) in [5.74, 6) is -1.19. The van der Waals surface area contributed by atoms with Crippen LogP contribution in [0.4, 0.5) is 4.79 Å². The van der Waals surface area contributed by atoms with Gasteiger partial charge in [0.05, 0.1) is 12.1 Å². The Hall–Kier alpha value is -3.97. The molecule has 0 saturated carbocycles. The van der Waals surface area contributed by atoms with Crippen molar-refractivity contribution in [3.05, 3.63) is 108 Å². The van der Waals surface area contributed by atoms with Crippen LogP contribution < -0.4 is 5.32 Å². The van der Waals surface area contributed by atoms with Crippen molar-refractivity contribution in [3.8, 4) is 0 Å². The van der Waals surface area contributed by atoms with Gasteiger partial charge >= 0.3 is 6.03 Å². The number of nitrogens with one attached hydrogen (secondary N) is 1. The molecule has 2 N–H and O–H groups in total. The molecule has 4 atom stereocenters. The van der Waals surface area contributed by atoms with E-state index in [4.69, 9.17) is 0 Å². The van der Waals surface area contributed by atoms with E-state index in [2.05, 4.69) is 5.32 Å². The lowest BCUT2D eigenvalue weighted by Gasteiger charge is -2.30. The van der Waals surface area contributed by atoms with Crippen LogP contribution in [-0.4, -0.2) is 51.9 Å². The van der Waals surface area contributed by atoms with Crippen molar-refractivity contribution in [1.82, 2.24) is 15.1 Å². The molecule has 1 aliphatic heterocycles. The van der Waals surface area contributed by atoms with E-state index in [-0.39, 0.29) is 6.04 Å². The van der Waals surface area contributed by atoms with Crippen molar-refractivity contribution in [2.24, 2.45) is 0 Å². The predicted molar refractivity (Wildman–Crippen MR) is 128 cm³/mol. The highest BCUT2D eigenvalue weighted by Gasteiger charge is 2.48. The van der Waals surface area contributed by atoms with E-state index in [9.17, 15) is 19.5 Å². The Morgan fingerprint density at radius 3 is 2.00 bits per heavy atom. The van der Waals surface area contributed by atoms with Crippen LogP contribution in [0.5, 0.6) is 0 Å². The fourth-order valence-electron chi connectivity index (χ4n) is 4.28. The van der Waals surface area contributed by atoms with Gasteiger partial charge < -0.3 is 15.3 Å². The topological polar surface area (TPSA) is 90.0 Å². The second-order valence-corrected chi connectivity index (χ2v) is 8.37. The zero-order valence-corrected chi connectivity index (χ0v) is 19.0. The molecule has 1 fully saturated rings. The quantitative estimate of drug-likeness (QED) is 0.593. The number of amides is 4. The molecule has 0 aromatic heterocycles. The summed E-state index contributed by atoms with van der Waals surface area (Å²) >= 11 is 0. The molecule has 174 valence electrons. The largest absolute Gasteiger partial charge is 0.386 e. The highest BCUT2D eigenvalue weighted by atomic mass is 16.3. The number of urea groups is 1. The van der Waals surface area contributed by atoms with Crippen LogP contribution in [0.15, 0.2) is 91.0 Å². The number of nitrogens with zero attached hydrogens (tertiary/aromatic N) is 2. The van der Waals surface area contributed by atoms with Gasteiger partial charge in [-0.3, -0.25) is 14.5 Å². The number of carbonyl (C=O) groups is 3. The lowest BCUT2D eigenvalue weighted by Crippen LogP contribution is -2.53. The van der Waals surface area contributed by atoms with Crippen LogP contribution >= 0.6 is 0 Å². The Morgan fingerprint density at radius 2 is 1.41 bits per heavy atom. The van der Waals surface area contributed by atoms with Gasteiger partial charge in [0.15, 0.2) is 0 Å². The van der Waals surface area contributed by atoms with Crippen molar-refractivity contribution in [2.75, 3.05) is 7.05 Å². The maximum absolute atomic E-state index is 13.9. The smallest absolute Gasteiger partial charge is 0.327 e. The molecule has 34 heavy (non-hydrogen) atoms. The van der Waals surface area contributed by atoms with Gasteiger partial charge in [0.25, 0.3) is 11.8 Å². The lowest BCUT2D eigenvalue weighted by atomic mass is 9.97. The normalized spacial score (nSPS) is 19.6. The maximum atomic E-state index is 13.9. The second kappa shape index (κ2) is 9.89. The molecule has 4 rings (SSSR count). The van der Waals surface area contributed by atoms with Crippen molar-refractivity contribution in [3.63, 3.8) is 0 Å².